The van der Waals surface area contributed by atoms with Gasteiger partial charge in [-0.1, -0.05) is 6.92 Å². The lowest BCUT2D eigenvalue weighted by atomic mass is 10.1. The van der Waals surface area contributed by atoms with Gasteiger partial charge < -0.3 is 19.9 Å². The lowest BCUT2D eigenvalue weighted by molar-refractivity contribution is -0.0730. The molecule has 4 nitrogen and oxygen atoms in total. The first kappa shape index (κ1) is 14.8. The van der Waals surface area contributed by atoms with Crippen LogP contribution in [0, 0.1) is 0 Å². The van der Waals surface area contributed by atoms with Crippen molar-refractivity contribution >= 4 is 0 Å². The van der Waals surface area contributed by atoms with Crippen LogP contribution < -0.4 is 5.32 Å². The summed E-state index contributed by atoms with van der Waals surface area (Å²) in [4.78, 5) is 0. The molecule has 0 saturated heterocycles. The second kappa shape index (κ2) is 8.05. The van der Waals surface area contributed by atoms with Gasteiger partial charge in [0, 0.05) is 13.7 Å². The van der Waals surface area contributed by atoms with Gasteiger partial charge in [-0.25, -0.2) is 0 Å². The van der Waals surface area contributed by atoms with E-state index in [1.165, 1.54) is 0 Å². The quantitative estimate of drug-likeness (QED) is 0.563. The number of aliphatic hydroxyl groups is 1. The van der Waals surface area contributed by atoms with Gasteiger partial charge in [0.05, 0.1) is 24.9 Å². The van der Waals surface area contributed by atoms with Gasteiger partial charge in [0.15, 0.2) is 0 Å². The van der Waals surface area contributed by atoms with Gasteiger partial charge in [-0.05, 0) is 26.8 Å². The van der Waals surface area contributed by atoms with Crippen molar-refractivity contribution in [2.75, 3.05) is 33.4 Å². The molecule has 2 N–H and O–H groups in total. The summed E-state index contributed by atoms with van der Waals surface area (Å²) in [5, 5.41) is 13.1. The maximum Gasteiger partial charge on any atom is 0.0975 e. The zero-order chi connectivity index (χ0) is 11.7. The third kappa shape index (κ3) is 8.81. The van der Waals surface area contributed by atoms with Crippen LogP contribution in [0.2, 0.25) is 0 Å². The first-order valence-electron chi connectivity index (χ1n) is 5.55. The topological polar surface area (TPSA) is 50.7 Å². The number of nitrogens with one attached hydrogen (secondary N) is 1. The Morgan fingerprint density at radius 3 is 2.67 bits per heavy atom. The molecule has 0 heterocycles. The van der Waals surface area contributed by atoms with Crippen LogP contribution in [0.25, 0.3) is 0 Å². The highest BCUT2D eigenvalue weighted by atomic mass is 16.5. The van der Waals surface area contributed by atoms with Crippen LogP contribution in [-0.2, 0) is 9.47 Å². The molecule has 0 rings (SSSR count). The Bertz CT molecular complexity index is 151. The highest BCUT2D eigenvalue weighted by Gasteiger charge is 2.21. The number of hydrogen-bond donors (Lipinski definition) is 2. The van der Waals surface area contributed by atoms with Gasteiger partial charge in [-0.15, -0.1) is 0 Å². The molecule has 0 aliphatic carbocycles. The molecule has 0 aliphatic rings. The molecule has 4 heteroatoms. The minimum atomic E-state index is -0.808. The van der Waals surface area contributed by atoms with E-state index in [4.69, 9.17) is 9.47 Å². The predicted molar refractivity (Wildman–Crippen MR) is 61.1 cm³/mol. The lowest BCUT2D eigenvalue weighted by Crippen LogP contribution is -2.43. The Labute approximate surface area is 93.0 Å². The molecule has 92 valence electrons. The third-order valence-corrected chi connectivity index (χ3v) is 2.01. The standard InChI is InChI=1S/C11H25NO3/c1-5-6-12-8-11(3,13)9-15-10(2)7-14-4/h10,12-13H,5-9H2,1-4H3. The van der Waals surface area contributed by atoms with Gasteiger partial charge in [-0.2, -0.15) is 0 Å². The Hall–Kier alpha value is -0.160. The van der Waals surface area contributed by atoms with E-state index < -0.39 is 5.60 Å². The normalized spacial score (nSPS) is 17.4. The summed E-state index contributed by atoms with van der Waals surface area (Å²) in [5.41, 5.74) is -0.808. The van der Waals surface area contributed by atoms with Crippen molar-refractivity contribution in [2.24, 2.45) is 0 Å². The van der Waals surface area contributed by atoms with Crippen molar-refractivity contribution in [1.29, 1.82) is 0 Å². The van der Waals surface area contributed by atoms with E-state index >= 15 is 0 Å². The fourth-order valence-corrected chi connectivity index (χ4v) is 1.19. The second-order valence-corrected chi connectivity index (χ2v) is 4.25. The number of methoxy groups -OCH3 is 1. The van der Waals surface area contributed by atoms with Crippen molar-refractivity contribution in [3.63, 3.8) is 0 Å². The van der Waals surface area contributed by atoms with Crippen LogP contribution in [-0.4, -0.2) is 50.2 Å². The summed E-state index contributed by atoms with van der Waals surface area (Å²) < 4.78 is 10.4. The van der Waals surface area contributed by atoms with Gasteiger partial charge in [-0.3, -0.25) is 0 Å². The maximum atomic E-state index is 9.93. The summed E-state index contributed by atoms with van der Waals surface area (Å²) in [6.45, 7) is 8.16. The van der Waals surface area contributed by atoms with E-state index in [-0.39, 0.29) is 6.10 Å². The van der Waals surface area contributed by atoms with Crippen molar-refractivity contribution < 1.29 is 14.6 Å². The molecule has 15 heavy (non-hydrogen) atoms. The van der Waals surface area contributed by atoms with Crippen LogP contribution in [0.1, 0.15) is 27.2 Å². The summed E-state index contributed by atoms with van der Waals surface area (Å²) in [5.74, 6) is 0. The molecule has 0 aliphatic heterocycles. The molecule has 2 unspecified atom stereocenters. The van der Waals surface area contributed by atoms with Crippen LogP contribution in [0.15, 0.2) is 0 Å². The highest BCUT2D eigenvalue weighted by molar-refractivity contribution is 4.75. The zero-order valence-corrected chi connectivity index (χ0v) is 10.4. The van der Waals surface area contributed by atoms with Gasteiger partial charge in [0.2, 0.25) is 0 Å². The van der Waals surface area contributed by atoms with E-state index in [2.05, 4.69) is 12.2 Å². The first-order chi connectivity index (χ1) is 7.02. The molecule has 0 aromatic rings. The van der Waals surface area contributed by atoms with Crippen molar-refractivity contribution in [3.05, 3.63) is 0 Å². The molecule has 0 aromatic heterocycles. The summed E-state index contributed by atoms with van der Waals surface area (Å²) in [7, 11) is 1.64. The fourth-order valence-electron chi connectivity index (χ4n) is 1.19. The molecule has 0 radical (unpaired) electrons. The van der Waals surface area contributed by atoms with Gasteiger partial charge in [0.1, 0.15) is 0 Å². The number of ether oxygens (including phenoxy) is 2. The van der Waals surface area contributed by atoms with Crippen LogP contribution in [0.4, 0.5) is 0 Å². The Morgan fingerprint density at radius 2 is 2.13 bits per heavy atom. The summed E-state index contributed by atoms with van der Waals surface area (Å²) in [6.07, 6.45) is 1.09. The zero-order valence-electron chi connectivity index (χ0n) is 10.4. The molecule has 0 bridgehead atoms. The van der Waals surface area contributed by atoms with E-state index in [1.54, 1.807) is 14.0 Å². The SMILES string of the molecule is CCCNCC(C)(O)COC(C)COC. The van der Waals surface area contributed by atoms with E-state index in [0.717, 1.165) is 13.0 Å². The second-order valence-electron chi connectivity index (χ2n) is 4.25. The van der Waals surface area contributed by atoms with Crippen molar-refractivity contribution in [2.45, 2.75) is 38.9 Å². The van der Waals surface area contributed by atoms with E-state index in [1.807, 2.05) is 6.92 Å². The average Bonchev–Trinajstić information content (AvgIpc) is 2.16. The van der Waals surface area contributed by atoms with Crippen molar-refractivity contribution in [1.82, 2.24) is 5.32 Å². The smallest absolute Gasteiger partial charge is 0.0975 e. The Morgan fingerprint density at radius 1 is 1.47 bits per heavy atom. The molecular weight excluding hydrogens is 194 g/mol. The molecule has 0 saturated carbocycles. The van der Waals surface area contributed by atoms with Crippen molar-refractivity contribution in [3.8, 4) is 0 Å². The van der Waals surface area contributed by atoms with Gasteiger partial charge in [0.25, 0.3) is 0 Å². The predicted octanol–water partition coefficient (Wildman–Crippen LogP) is 0.788. The third-order valence-electron chi connectivity index (χ3n) is 2.01. The number of rotatable bonds is 9. The first-order valence-corrected chi connectivity index (χ1v) is 5.55. The Balaban J connectivity index is 3.62. The van der Waals surface area contributed by atoms with Crippen LogP contribution >= 0.6 is 0 Å². The monoisotopic (exact) mass is 219 g/mol. The molecule has 0 spiro atoms. The van der Waals surface area contributed by atoms with Crippen LogP contribution in [0.3, 0.4) is 0 Å². The number of hydrogen-bond acceptors (Lipinski definition) is 4. The summed E-state index contributed by atoms with van der Waals surface area (Å²) >= 11 is 0. The minimum absolute atomic E-state index is 0.0210. The fraction of sp³-hybridized carbons (Fsp3) is 1.00. The molecular formula is C11H25NO3. The average molecular weight is 219 g/mol. The molecule has 0 fully saturated rings. The van der Waals surface area contributed by atoms with Crippen LogP contribution in [0.5, 0.6) is 0 Å². The highest BCUT2D eigenvalue weighted by Crippen LogP contribution is 2.04. The summed E-state index contributed by atoms with van der Waals surface area (Å²) in [6, 6.07) is 0. The Kier molecular flexibility index (Phi) is 7.96. The van der Waals surface area contributed by atoms with E-state index in [0.29, 0.717) is 19.8 Å². The van der Waals surface area contributed by atoms with Gasteiger partial charge >= 0.3 is 0 Å². The molecule has 0 amide bonds. The molecule has 0 aromatic carbocycles. The largest absolute Gasteiger partial charge is 0.386 e. The lowest BCUT2D eigenvalue weighted by Gasteiger charge is -2.25. The maximum absolute atomic E-state index is 9.93. The molecule has 2 atom stereocenters. The van der Waals surface area contributed by atoms with E-state index in [9.17, 15) is 5.11 Å². The minimum Gasteiger partial charge on any atom is -0.386 e.